The monoisotopic (exact) mass is 723 g/mol. The molecule has 302 valence electrons. The van der Waals surface area contributed by atoms with Crippen LogP contribution < -0.4 is 0 Å². The first-order valence-corrected chi connectivity index (χ1v) is 22.2. The maximum atomic E-state index is 12.7. The maximum Gasteiger partial charge on any atom is 0.306 e. The number of hydrogen-bond donors (Lipinski definition) is 0. The molecule has 0 radical (unpaired) electrons. The predicted octanol–water partition coefficient (Wildman–Crippen LogP) is 13.8. The van der Waals surface area contributed by atoms with Crippen molar-refractivity contribution in [3.05, 3.63) is 0 Å². The molecule has 6 nitrogen and oxygen atoms in total. The van der Waals surface area contributed by atoms with Gasteiger partial charge >= 0.3 is 17.9 Å². The first kappa shape index (κ1) is 49.4. The van der Waals surface area contributed by atoms with Crippen LogP contribution in [0.1, 0.15) is 240 Å². The summed E-state index contributed by atoms with van der Waals surface area (Å²) in [5.41, 5.74) is 0. The third kappa shape index (κ3) is 39.5. The van der Waals surface area contributed by atoms with Gasteiger partial charge in [-0.25, -0.2) is 0 Å². The van der Waals surface area contributed by atoms with Crippen molar-refractivity contribution in [2.75, 3.05) is 13.2 Å². The van der Waals surface area contributed by atoms with Crippen LogP contribution in [-0.4, -0.2) is 37.2 Å². The summed E-state index contributed by atoms with van der Waals surface area (Å²) in [6.07, 6.45) is 35.3. The van der Waals surface area contributed by atoms with Gasteiger partial charge in [0, 0.05) is 19.3 Å². The van der Waals surface area contributed by atoms with Crippen LogP contribution >= 0.6 is 0 Å². The molecule has 6 heteroatoms. The van der Waals surface area contributed by atoms with Gasteiger partial charge in [0.25, 0.3) is 0 Å². The first-order chi connectivity index (χ1) is 24.7. The number of rotatable bonds is 39. The van der Waals surface area contributed by atoms with Crippen molar-refractivity contribution in [3.8, 4) is 0 Å². The van der Waals surface area contributed by atoms with Crippen molar-refractivity contribution in [1.82, 2.24) is 0 Å². The molecule has 0 heterocycles. The van der Waals surface area contributed by atoms with Crippen LogP contribution in [0, 0.1) is 11.8 Å². The van der Waals surface area contributed by atoms with E-state index >= 15 is 0 Å². The molecule has 0 unspecified atom stereocenters. The Hall–Kier alpha value is -1.59. The minimum absolute atomic E-state index is 0.0658. The van der Waals surface area contributed by atoms with Crippen molar-refractivity contribution in [3.63, 3.8) is 0 Å². The molecule has 0 N–H and O–H groups in total. The van der Waals surface area contributed by atoms with Gasteiger partial charge in [-0.15, -0.1) is 0 Å². The third-order valence-electron chi connectivity index (χ3n) is 9.97. The van der Waals surface area contributed by atoms with E-state index in [2.05, 4.69) is 34.6 Å². The smallest absolute Gasteiger partial charge is 0.306 e. The quantitative estimate of drug-likeness (QED) is 0.0357. The molecular weight excluding hydrogens is 636 g/mol. The molecule has 0 rings (SSSR count). The minimum Gasteiger partial charge on any atom is -0.462 e. The molecule has 0 aliphatic carbocycles. The van der Waals surface area contributed by atoms with Gasteiger partial charge in [0.1, 0.15) is 13.2 Å². The average molecular weight is 723 g/mol. The molecule has 51 heavy (non-hydrogen) atoms. The fourth-order valence-corrected chi connectivity index (χ4v) is 6.58. The molecular formula is C45H86O6. The Morgan fingerprint density at radius 2 is 0.647 bits per heavy atom. The van der Waals surface area contributed by atoms with Gasteiger partial charge in [0.2, 0.25) is 0 Å². The summed E-state index contributed by atoms with van der Waals surface area (Å²) in [5, 5.41) is 0. The largest absolute Gasteiger partial charge is 0.462 e. The van der Waals surface area contributed by atoms with Crippen LogP contribution in [0.5, 0.6) is 0 Å². The lowest BCUT2D eigenvalue weighted by Crippen LogP contribution is -2.30. The molecule has 0 aromatic rings. The van der Waals surface area contributed by atoms with Crippen molar-refractivity contribution < 1.29 is 28.6 Å². The summed E-state index contributed by atoms with van der Waals surface area (Å²) in [4.78, 5) is 37.6. The standard InChI is InChI=1S/C45H86O6/c1-6-7-8-9-10-11-12-13-16-19-25-30-35-43(46)49-38-42(39-50-44(47)36-31-26-22-21-24-29-34-41(4)5)51-45(48)37-32-27-20-17-14-15-18-23-28-33-40(2)3/h40-42H,6-39H2,1-5H3/t42-/m0/s1. The number of carbonyl (C=O) groups excluding carboxylic acids is 3. The predicted molar refractivity (Wildman–Crippen MR) is 215 cm³/mol. The van der Waals surface area contributed by atoms with Gasteiger partial charge in [-0.2, -0.15) is 0 Å². The number of unbranched alkanes of at least 4 members (excludes halogenated alkanes) is 24. The second-order valence-electron chi connectivity index (χ2n) is 16.3. The summed E-state index contributed by atoms with van der Waals surface area (Å²) in [5.74, 6) is 0.705. The summed E-state index contributed by atoms with van der Waals surface area (Å²) in [6.45, 7) is 11.2. The summed E-state index contributed by atoms with van der Waals surface area (Å²) in [7, 11) is 0. The van der Waals surface area contributed by atoms with Crippen molar-refractivity contribution in [1.29, 1.82) is 0 Å². The topological polar surface area (TPSA) is 78.9 Å². The molecule has 0 aliphatic heterocycles. The van der Waals surface area contributed by atoms with E-state index < -0.39 is 6.10 Å². The SMILES string of the molecule is CCCCCCCCCCCCCCC(=O)OC[C@@H](COC(=O)CCCCCCCCC(C)C)OC(=O)CCCCCCCCCCCC(C)C. The van der Waals surface area contributed by atoms with Crippen LogP contribution in [0.25, 0.3) is 0 Å². The lowest BCUT2D eigenvalue weighted by Gasteiger charge is -2.18. The fraction of sp³-hybridized carbons (Fsp3) is 0.933. The van der Waals surface area contributed by atoms with Crippen molar-refractivity contribution >= 4 is 17.9 Å². The van der Waals surface area contributed by atoms with Gasteiger partial charge in [-0.3, -0.25) is 14.4 Å². The van der Waals surface area contributed by atoms with Crippen molar-refractivity contribution in [2.24, 2.45) is 11.8 Å². The maximum absolute atomic E-state index is 12.7. The lowest BCUT2D eigenvalue weighted by atomic mass is 10.0. The highest BCUT2D eigenvalue weighted by Gasteiger charge is 2.19. The molecule has 0 aliphatic rings. The first-order valence-electron chi connectivity index (χ1n) is 22.2. The highest BCUT2D eigenvalue weighted by atomic mass is 16.6. The van der Waals surface area contributed by atoms with Gasteiger partial charge in [0.15, 0.2) is 6.10 Å². The van der Waals surface area contributed by atoms with Crippen LogP contribution in [0.2, 0.25) is 0 Å². The average Bonchev–Trinajstić information content (AvgIpc) is 3.09. The van der Waals surface area contributed by atoms with Crippen LogP contribution in [0.15, 0.2) is 0 Å². The summed E-state index contributed by atoms with van der Waals surface area (Å²) in [6, 6.07) is 0. The molecule has 0 amide bonds. The molecule has 0 aromatic heterocycles. The second kappa shape index (κ2) is 38.1. The fourth-order valence-electron chi connectivity index (χ4n) is 6.58. The minimum atomic E-state index is -0.760. The molecule has 0 saturated heterocycles. The number of carbonyl (C=O) groups is 3. The number of hydrogen-bond acceptors (Lipinski definition) is 6. The molecule has 0 bridgehead atoms. The van der Waals surface area contributed by atoms with Crippen LogP contribution in [0.4, 0.5) is 0 Å². The Bertz CT molecular complexity index is 779. The highest BCUT2D eigenvalue weighted by Crippen LogP contribution is 2.16. The Morgan fingerprint density at radius 3 is 0.961 bits per heavy atom. The van der Waals surface area contributed by atoms with Gasteiger partial charge < -0.3 is 14.2 Å². The van der Waals surface area contributed by atoms with E-state index in [9.17, 15) is 14.4 Å². The highest BCUT2D eigenvalue weighted by molar-refractivity contribution is 5.71. The van der Waals surface area contributed by atoms with Crippen molar-refractivity contribution in [2.45, 2.75) is 246 Å². The zero-order chi connectivity index (χ0) is 37.6. The third-order valence-corrected chi connectivity index (χ3v) is 9.97. The van der Waals surface area contributed by atoms with Gasteiger partial charge in [-0.1, -0.05) is 202 Å². The Morgan fingerprint density at radius 1 is 0.373 bits per heavy atom. The zero-order valence-corrected chi connectivity index (χ0v) is 34.7. The van der Waals surface area contributed by atoms with E-state index in [-0.39, 0.29) is 31.1 Å². The van der Waals surface area contributed by atoms with E-state index in [0.717, 1.165) is 69.6 Å². The number of ether oxygens (including phenoxy) is 3. The normalized spacial score (nSPS) is 12.1. The van der Waals surface area contributed by atoms with E-state index in [1.807, 2.05) is 0 Å². The molecule has 0 aromatic carbocycles. The molecule has 1 atom stereocenters. The Labute approximate surface area is 317 Å². The number of esters is 3. The van der Waals surface area contributed by atoms with Gasteiger partial charge in [0.05, 0.1) is 0 Å². The van der Waals surface area contributed by atoms with Gasteiger partial charge in [-0.05, 0) is 31.1 Å². The lowest BCUT2D eigenvalue weighted by molar-refractivity contribution is -0.167. The van der Waals surface area contributed by atoms with Crippen LogP contribution in [0.3, 0.4) is 0 Å². The molecule has 0 saturated carbocycles. The summed E-state index contributed by atoms with van der Waals surface area (Å²) >= 11 is 0. The van der Waals surface area contributed by atoms with E-state index in [1.54, 1.807) is 0 Å². The Kier molecular flexibility index (Phi) is 37.0. The second-order valence-corrected chi connectivity index (χ2v) is 16.3. The van der Waals surface area contributed by atoms with E-state index in [1.165, 1.54) is 128 Å². The summed E-state index contributed by atoms with van der Waals surface area (Å²) < 4.78 is 16.7. The zero-order valence-electron chi connectivity index (χ0n) is 34.7. The van der Waals surface area contributed by atoms with Crippen LogP contribution in [-0.2, 0) is 28.6 Å². The van der Waals surface area contributed by atoms with E-state index in [0.29, 0.717) is 19.3 Å². The molecule has 0 fully saturated rings. The Balaban J connectivity index is 4.34. The van der Waals surface area contributed by atoms with E-state index in [4.69, 9.17) is 14.2 Å². The molecule has 0 spiro atoms.